The number of nitrogens with one attached hydrogen (secondary N) is 2. The fourth-order valence-corrected chi connectivity index (χ4v) is 3.31. The van der Waals surface area contributed by atoms with Crippen molar-refractivity contribution < 1.29 is 13.6 Å². The van der Waals surface area contributed by atoms with Crippen molar-refractivity contribution in [3.05, 3.63) is 51.5 Å². The second-order valence-electron chi connectivity index (χ2n) is 6.80. The number of pyridine rings is 2. The molecule has 3 rings (SSSR count). The number of nitrogens with zero attached hydrogens (tertiary/aromatic N) is 2. The molecular weight excluding hydrogens is 392 g/mol. The van der Waals surface area contributed by atoms with E-state index in [1.54, 1.807) is 24.0 Å². The third-order valence-electron chi connectivity index (χ3n) is 4.92. The van der Waals surface area contributed by atoms with Gasteiger partial charge < -0.3 is 16.0 Å². The predicted octanol–water partition coefficient (Wildman–Crippen LogP) is 2.46. The molecule has 3 heterocycles. The van der Waals surface area contributed by atoms with Crippen LogP contribution in [0.2, 0.25) is 5.02 Å². The Morgan fingerprint density at radius 2 is 2.25 bits per heavy atom. The largest absolute Gasteiger partial charge is 0.394 e. The standard InChI is InChI=1S/C18H20ClF2N5O2/c1-10(16(27)25-15-3-2-12(19)8-23-15)26-5-4-18(20,21)13(9-26)11-6-14(22)17(28)24-7-11/h2-3,6-8,10,13H,4-5,9,22H2,1H3,(H,24,28)(H,23,25,27). The quantitative estimate of drug-likeness (QED) is 0.717. The van der Waals surface area contributed by atoms with Crippen LogP contribution in [0.3, 0.4) is 0 Å². The first-order valence-electron chi connectivity index (χ1n) is 8.70. The Bertz CT molecular complexity index is 919. The number of likely N-dealkylation sites (tertiary alicyclic amines) is 1. The van der Waals surface area contributed by atoms with Crippen LogP contribution in [0, 0.1) is 0 Å². The maximum atomic E-state index is 14.5. The average molecular weight is 412 g/mol. The lowest BCUT2D eigenvalue weighted by Crippen LogP contribution is -2.52. The summed E-state index contributed by atoms with van der Waals surface area (Å²) in [6.07, 6.45) is 2.25. The number of nitrogen functional groups attached to an aromatic ring is 1. The van der Waals surface area contributed by atoms with E-state index in [2.05, 4.69) is 15.3 Å². The van der Waals surface area contributed by atoms with Gasteiger partial charge in [0, 0.05) is 31.9 Å². The Balaban J connectivity index is 1.75. The number of piperidine rings is 1. The van der Waals surface area contributed by atoms with Gasteiger partial charge in [0.2, 0.25) is 5.91 Å². The van der Waals surface area contributed by atoms with Crippen LogP contribution >= 0.6 is 11.6 Å². The van der Waals surface area contributed by atoms with Crippen LogP contribution in [0.4, 0.5) is 20.3 Å². The number of rotatable bonds is 4. The fraction of sp³-hybridized carbons (Fsp3) is 0.389. The molecule has 2 aromatic heterocycles. The molecule has 10 heteroatoms. The van der Waals surface area contributed by atoms with Gasteiger partial charge in [-0.3, -0.25) is 14.5 Å². The predicted molar refractivity (Wildman–Crippen MR) is 103 cm³/mol. The number of anilines is 2. The molecule has 2 unspecified atom stereocenters. The van der Waals surface area contributed by atoms with E-state index in [0.29, 0.717) is 10.8 Å². The van der Waals surface area contributed by atoms with Crippen LogP contribution in [0.5, 0.6) is 0 Å². The molecule has 1 saturated heterocycles. The van der Waals surface area contributed by atoms with Gasteiger partial charge >= 0.3 is 0 Å². The van der Waals surface area contributed by atoms with E-state index in [-0.39, 0.29) is 30.2 Å². The Morgan fingerprint density at radius 1 is 1.50 bits per heavy atom. The van der Waals surface area contributed by atoms with Gasteiger partial charge in [0.15, 0.2) is 0 Å². The average Bonchev–Trinajstić information content (AvgIpc) is 2.65. The number of nitrogens with two attached hydrogens (primary N) is 1. The molecule has 1 fully saturated rings. The molecule has 7 nitrogen and oxygen atoms in total. The van der Waals surface area contributed by atoms with Crippen LogP contribution in [0.25, 0.3) is 0 Å². The molecule has 150 valence electrons. The summed E-state index contributed by atoms with van der Waals surface area (Å²) >= 11 is 5.77. The molecule has 2 aromatic rings. The highest BCUT2D eigenvalue weighted by Gasteiger charge is 2.46. The maximum Gasteiger partial charge on any atom is 0.271 e. The van der Waals surface area contributed by atoms with E-state index in [9.17, 15) is 18.4 Å². The molecule has 1 aliphatic rings. The number of alkyl halides is 2. The summed E-state index contributed by atoms with van der Waals surface area (Å²) in [5.41, 5.74) is 5.16. The highest BCUT2D eigenvalue weighted by molar-refractivity contribution is 6.30. The molecule has 0 saturated carbocycles. The number of aromatic amines is 1. The molecule has 4 N–H and O–H groups in total. The van der Waals surface area contributed by atoms with Crippen LogP contribution in [0.15, 0.2) is 35.4 Å². The van der Waals surface area contributed by atoms with Crippen LogP contribution in [-0.2, 0) is 4.79 Å². The minimum Gasteiger partial charge on any atom is -0.394 e. The Morgan fingerprint density at radius 3 is 2.89 bits per heavy atom. The molecule has 0 spiro atoms. The number of amides is 1. The van der Waals surface area contributed by atoms with Gasteiger partial charge in [0.1, 0.15) is 5.82 Å². The van der Waals surface area contributed by atoms with Crippen molar-refractivity contribution in [2.75, 3.05) is 24.1 Å². The second kappa shape index (κ2) is 7.84. The third kappa shape index (κ3) is 4.31. The molecule has 0 radical (unpaired) electrons. The van der Waals surface area contributed by atoms with E-state index in [1.165, 1.54) is 18.5 Å². The molecule has 0 bridgehead atoms. The van der Waals surface area contributed by atoms with E-state index < -0.39 is 29.9 Å². The molecule has 28 heavy (non-hydrogen) atoms. The molecular formula is C18H20ClF2N5O2. The highest BCUT2D eigenvalue weighted by Crippen LogP contribution is 2.40. The van der Waals surface area contributed by atoms with E-state index in [4.69, 9.17) is 17.3 Å². The van der Waals surface area contributed by atoms with Gasteiger partial charge in [-0.25, -0.2) is 13.8 Å². The van der Waals surface area contributed by atoms with Crippen molar-refractivity contribution in [3.63, 3.8) is 0 Å². The van der Waals surface area contributed by atoms with Crippen molar-refractivity contribution in [1.29, 1.82) is 0 Å². The van der Waals surface area contributed by atoms with Gasteiger partial charge in [-0.05, 0) is 30.7 Å². The molecule has 0 aliphatic carbocycles. The molecule has 2 atom stereocenters. The first kappa shape index (κ1) is 20.2. The van der Waals surface area contributed by atoms with Gasteiger partial charge in [-0.2, -0.15) is 0 Å². The Hall–Kier alpha value is -2.52. The number of H-pyrrole nitrogens is 1. The monoisotopic (exact) mass is 411 g/mol. The Kier molecular flexibility index (Phi) is 5.66. The van der Waals surface area contributed by atoms with E-state index in [0.717, 1.165) is 0 Å². The van der Waals surface area contributed by atoms with E-state index >= 15 is 0 Å². The topological polar surface area (TPSA) is 104 Å². The highest BCUT2D eigenvalue weighted by atomic mass is 35.5. The van der Waals surface area contributed by atoms with E-state index in [1.807, 2.05) is 0 Å². The number of hydrogen-bond donors (Lipinski definition) is 3. The molecule has 1 aliphatic heterocycles. The van der Waals surface area contributed by atoms with Crippen LogP contribution < -0.4 is 16.6 Å². The summed E-state index contributed by atoms with van der Waals surface area (Å²) in [5.74, 6) is -4.20. The Labute approximate surface area is 164 Å². The molecule has 1 amide bonds. The molecule has 0 aromatic carbocycles. The SMILES string of the molecule is CC(C(=O)Nc1ccc(Cl)cn1)N1CCC(F)(F)C(c2c[nH]c(=O)c(N)c2)C1. The first-order chi connectivity index (χ1) is 13.2. The zero-order valence-corrected chi connectivity index (χ0v) is 15.8. The fourth-order valence-electron chi connectivity index (χ4n) is 3.19. The van der Waals surface area contributed by atoms with Gasteiger partial charge in [0.05, 0.1) is 22.7 Å². The smallest absolute Gasteiger partial charge is 0.271 e. The van der Waals surface area contributed by atoms with Crippen molar-refractivity contribution in [2.45, 2.75) is 31.2 Å². The van der Waals surface area contributed by atoms with Crippen molar-refractivity contribution in [1.82, 2.24) is 14.9 Å². The minimum absolute atomic E-state index is 0.0544. The van der Waals surface area contributed by atoms with Crippen molar-refractivity contribution >= 4 is 29.0 Å². The number of carbonyl (C=O) groups excluding carboxylic acids is 1. The lowest BCUT2D eigenvalue weighted by molar-refractivity contribution is -0.125. The van der Waals surface area contributed by atoms with Gasteiger partial charge in [-0.1, -0.05) is 11.6 Å². The van der Waals surface area contributed by atoms with Crippen LogP contribution in [-0.4, -0.2) is 45.8 Å². The summed E-state index contributed by atoms with van der Waals surface area (Å²) in [7, 11) is 0. The summed E-state index contributed by atoms with van der Waals surface area (Å²) in [6.45, 7) is 1.65. The number of halogens is 3. The minimum atomic E-state index is -2.98. The summed E-state index contributed by atoms with van der Waals surface area (Å²) in [4.78, 5) is 32.0. The summed E-state index contributed by atoms with van der Waals surface area (Å²) < 4.78 is 29.1. The van der Waals surface area contributed by atoms with Crippen molar-refractivity contribution in [3.8, 4) is 0 Å². The lowest BCUT2D eigenvalue weighted by Gasteiger charge is -2.40. The normalized spacial score (nSPS) is 20.5. The summed E-state index contributed by atoms with van der Waals surface area (Å²) in [6, 6.07) is 3.76. The van der Waals surface area contributed by atoms with Gasteiger partial charge in [-0.15, -0.1) is 0 Å². The lowest BCUT2D eigenvalue weighted by atomic mass is 9.87. The summed E-state index contributed by atoms with van der Waals surface area (Å²) in [5, 5.41) is 3.09. The maximum absolute atomic E-state index is 14.5. The zero-order chi connectivity index (χ0) is 20.5. The number of carbonyl (C=O) groups is 1. The first-order valence-corrected chi connectivity index (χ1v) is 9.07. The van der Waals surface area contributed by atoms with Crippen molar-refractivity contribution in [2.24, 2.45) is 0 Å². The van der Waals surface area contributed by atoms with Crippen LogP contribution in [0.1, 0.15) is 24.8 Å². The number of aromatic nitrogens is 2. The second-order valence-corrected chi connectivity index (χ2v) is 7.24. The zero-order valence-electron chi connectivity index (χ0n) is 15.1. The van der Waals surface area contributed by atoms with Gasteiger partial charge in [0.25, 0.3) is 11.5 Å². The number of hydrogen-bond acceptors (Lipinski definition) is 5. The third-order valence-corrected chi connectivity index (χ3v) is 5.15.